The number of amides is 1. The zero-order chi connectivity index (χ0) is 16.4. The Labute approximate surface area is 127 Å². The molecule has 0 heterocycles. The van der Waals surface area contributed by atoms with E-state index in [9.17, 15) is 13.2 Å². The third-order valence-corrected chi connectivity index (χ3v) is 4.65. The van der Waals surface area contributed by atoms with Crippen LogP contribution in [0.3, 0.4) is 0 Å². The van der Waals surface area contributed by atoms with Gasteiger partial charge in [0.2, 0.25) is 15.9 Å². The molecular formula is C15H24N2O3S. The van der Waals surface area contributed by atoms with Gasteiger partial charge in [0, 0.05) is 11.6 Å². The van der Waals surface area contributed by atoms with Crippen molar-refractivity contribution in [3.8, 4) is 0 Å². The summed E-state index contributed by atoms with van der Waals surface area (Å²) in [4.78, 5) is 12.3. The molecule has 1 aromatic carbocycles. The van der Waals surface area contributed by atoms with Gasteiger partial charge in [0.05, 0.1) is 4.90 Å². The van der Waals surface area contributed by atoms with Crippen molar-refractivity contribution in [3.63, 3.8) is 0 Å². The quantitative estimate of drug-likeness (QED) is 0.875. The number of nitrogens with two attached hydrogens (primary N) is 1. The third-order valence-electron chi connectivity index (χ3n) is 3.76. The lowest BCUT2D eigenvalue weighted by molar-refractivity contribution is -0.120. The molecule has 0 radical (unpaired) electrons. The van der Waals surface area contributed by atoms with Crippen LogP contribution in [-0.4, -0.2) is 14.3 Å². The van der Waals surface area contributed by atoms with E-state index in [2.05, 4.69) is 5.32 Å². The minimum Gasteiger partial charge on any atom is -0.325 e. The maximum absolute atomic E-state index is 12.2. The first-order chi connectivity index (χ1) is 9.57. The van der Waals surface area contributed by atoms with Gasteiger partial charge in [-0.15, -0.1) is 0 Å². The van der Waals surface area contributed by atoms with E-state index in [1.807, 2.05) is 27.7 Å². The Morgan fingerprint density at radius 2 is 1.86 bits per heavy atom. The monoisotopic (exact) mass is 312 g/mol. The molecule has 1 amide bonds. The summed E-state index contributed by atoms with van der Waals surface area (Å²) in [5, 5.41) is 8.09. The molecule has 0 saturated carbocycles. The lowest BCUT2D eigenvalue weighted by Crippen LogP contribution is -2.25. The Bertz CT molecular complexity index is 637. The molecule has 6 heteroatoms. The number of benzene rings is 1. The first-order valence-electron chi connectivity index (χ1n) is 7.05. The van der Waals surface area contributed by atoms with E-state index in [4.69, 9.17) is 5.14 Å². The number of primary sulfonamides is 1. The number of hydrogen-bond acceptors (Lipinski definition) is 3. The second-order valence-corrected chi connectivity index (χ2v) is 7.26. The van der Waals surface area contributed by atoms with Gasteiger partial charge in [0.1, 0.15) is 0 Å². The Balaban J connectivity index is 3.23. The van der Waals surface area contributed by atoms with Crippen molar-refractivity contribution in [1.29, 1.82) is 0 Å². The number of carbonyl (C=O) groups excluding carboxylic acids is 1. The predicted molar refractivity (Wildman–Crippen MR) is 84.6 cm³/mol. The second kappa shape index (κ2) is 6.58. The Hall–Kier alpha value is -1.40. The van der Waals surface area contributed by atoms with Crippen molar-refractivity contribution in [2.75, 3.05) is 5.32 Å². The summed E-state index contributed by atoms with van der Waals surface area (Å²) in [6, 6.07) is 3.02. The summed E-state index contributed by atoms with van der Waals surface area (Å²) < 4.78 is 22.9. The van der Waals surface area contributed by atoms with Crippen LogP contribution in [0.15, 0.2) is 17.0 Å². The fraction of sp³-hybridized carbons (Fsp3) is 0.533. The highest BCUT2D eigenvalue weighted by Crippen LogP contribution is 2.26. The lowest BCUT2D eigenvalue weighted by atomic mass is 9.96. The van der Waals surface area contributed by atoms with E-state index in [1.54, 1.807) is 6.92 Å². The molecule has 5 nitrogen and oxygen atoms in total. The number of nitrogens with one attached hydrogen (secondary N) is 1. The van der Waals surface area contributed by atoms with E-state index in [1.165, 1.54) is 12.1 Å². The number of rotatable bonds is 5. The summed E-state index contributed by atoms with van der Waals surface area (Å²) in [6.45, 7) is 9.52. The van der Waals surface area contributed by atoms with Crippen LogP contribution in [0.4, 0.5) is 5.69 Å². The fourth-order valence-corrected chi connectivity index (χ4v) is 2.63. The van der Waals surface area contributed by atoms with E-state index in [0.717, 1.165) is 5.56 Å². The number of sulfonamides is 1. The van der Waals surface area contributed by atoms with Crippen molar-refractivity contribution < 1.29 is 13.2 Å². The summed E-state index contributed by atoms with van der Waals surface area (Å²) >= 11 is 0. The van der Waals surface area contributed by atoms with Gasteiger partial charge in [-0.3, -0.25) is 4.79 Å². The highest BCUT2D eigenvalue weighted by Gasteiger charge is 2.20. The molecule has 0 spiro atoms. The molecular weight excluding hydrogens is 288 g/mol. The van der Waals surface area contributed by atoms with E-state index in [0.29, 0.717) is 17.7 Å². The summed E-state index contributed by atoms with van der Waals surface area (Å²) in [5.41, 5.74) is 2.15. The van der Waals surface area contributed by atoms with E-state index in [-0.39, 0.29) is 22.6 Å². The fourth-order valence-electron chi connectivity index (χ4n) is 1.99. The van der Waals surface area contributed by atoms with Gasteiger partial charge in [-0.2, -0.15) is 0 Å². The molecule has 0 aliphatic rings. The van der Waals surface area contributed by atoms with Gasteiger partial charge >= 0.3 is 0 Å². The highest BCUT2D eigenvalue weighted by atomic mass is 32.2. The van der Waals surface area contributed by atoms with E-state index < -0.39 is 10.0 Å². The van der Waals surface area contributed by atoms with Crippen LogP contribution in [0.1, 0.15) is 38.8 Å². The molecule has 0 aliphatic heterocycles. The molecule has 0 saturated heterocycles. The zero-order valence-corrected chi connectivity index (χ0v) is 14.0. The van der Waals surface area contributed by atoms with E-state index >= 15 is 0 Å². The average molecular weight is 312 g/mol. The first kappa shape index (κ1) is 17.7. The number of anilines is 1. The lowest BCUT2D eigenvalue weighted by Gasteiger charge is -2.19. The van der Waals surface area contributed by atoms with Crippen molar-refractivity contribution in [1.82, 2.24) is 0 Å². The molecule has 0 fully saturated rings. The Kier molecular flexibility index (Phi) is 5.53. The second-order valence-electron chi connectivity index (χ2n) is 5.69. The Morgan fingerprint density at radius 3 is 2.29 bits per heavy atom. The van der Waals surface area contributed by atoms with Gasteiger partial charge in [0.25, 0.3) is 0 Å². The molecule has 118 valence electrons. The molecule has 1 atom stereocenters. The van der Waals surface area contributed by atoms with Crippen LogP contribution in [0, 0.1) is 18.8 Å². The summed E-state index contributed by atoms with van der Waals surface area (Å²) in [7, 11) is -3.75. The molecule has 0 aliphatic carbocycles. The van der Waals surface area contributed by atoms with Gasteiger partial charge in [-0.1, -0.05) is 27.7 Å². The number of aryl methyl sites for hydroxylation is 2. The van der Waals surface area contributed by atoms with Crippen molar-refractivity contribution in [2.45, 2.75) is 45.9 Å². The maximum atomic E-state index is 12.2. The molecule has 21 heavy (non-hydrogen) atoms. The van der Waals surface area contributed by atoms with Crippen molar-refractivity contribution >= 4 is 21.6 Å². The molecule has 1 aromatic rings. The summed E-state index contributed by atoms with van der Waals surface area (Å²) in [6.07, 6.45) is 0.607. The van der Waals surface area contributed by atoms with Gasteiger partial charge in [-0.05, 0) is 42.5 Å². The standard InChI is InChI=1S/C15H24N2O3S/c1-6-12-8-13(21(16,19)20)7-10(4)14(12)17-15(18)11(5)9(2)3/h7-9,11H,6H2,1-5H3,(H,17,18)(H2,16,19,20). The number of hydrogen-bond donors (Lipinski definition) is 2. The molecule has 0 bridgehead atoms. The smallest absolute Gasteiger partial charge is 0.238 e. The normalized spacial score (nSPS) is 13.3. The van der Waals surface area contributed by atoms with Gasteiger partial charge < -0.3 is 5.32 Å². The van der Waals surface area contributed by atoms with Crippen LogP contribution in [0.25, 0.3) is 0 Å². The highest BCUT2D eigenvalue weighted by molar-refractivity contribution is 7.89. The number of carbonyl (C=O) groups is 1. The van der Waals surface area contributed by atoms with Crippen LogP contribution < -0.4 is 10.5 Å². The molecule has 1 rings (SSSR count). The summed E-state index contributed by atoms with van der Waals surface area (Å²) in [5.74, 6) is 0.0530. The molecule has 1 unspecified atom stereocenters. The van der Waals surface area contributed by atoms with Gasteiger partial charge in [0.15, 0.2) is 0 Å². The maximum Gasteiger partial charge on any atom is 0.238 e. The zero-order valence-electron chi connectivity index (χ0n) is 13.2. The van der Waals surface area contributed by atoms with Crippen LogP contribution in [0.2, 0.25) is 0 Å². The van der Waals surface area contributed by atoms with Crippen molar-refractivity contribution in [3.05, 3.63) is 23.3 Å². The minimum absolute atomic E-state index is 0.0637. The van der Waals surface area contributed by atoms with Crippen LogP contribution in [0.5, 0.6) is 0 Å². The van der Waals surface area contributed by atoms with Gasteiger partial charge in [-0.25, -0.2) is 13.6 Å². The van der Waals surface area contributed by atoms with Crippen LogP contribution in [-0.2, 0) is 21.2 Å². The molecule has 3 N–H and O–H groups in total. The largest absolute Gasteiger partial charge is 0.325 e. The topological polar surface area (TPSA) is 89.3 Å². The molecule has 0 aromatic heterocycles. The SMILES string of the molecule is CCc1cc(S(N)(=O)=O)cc(C)c1NC(=O)C(C)C(C)C. The average Bonchev–Trinajstić information content (AvgIpc) is 2.38. The minimum atomic E-state index is -3.75. The van der Waals surface area contributed by atoms with Crippen LogP contribution >= 0.6 is 0 Å². The van der Waals surface area contributed by atoms with Crippen molar-refractivity contribution in [2.24, 2.45) is 17.0 Å². The first-order valence-corrected chi connectivity index (χ1v) is 8.59. The Morgan fingerprint density at radius 1 is 1.29 bits per heavy atom. The predicted octanol–water partition coefficient (Wildman–Crippen LogP) is 2.44. The third kappa shape index (κ3) is 4.28.